The number of fused-ring (bicyclic) bond motifs is 4. The standard InChI is InChI=1S/C21H22ClN3O2S2/c1-13-16(22)4-2-5-17(13)23-19(26)12-29-21(28)24-9-14-8-15(11-24)18-6-3-7-20(27)25(18)10-14/h2-7,14-15H,8-12H2,1H3,(H,23,26)/t14-,15-/m1/s1. The van der Waals surface area contributed by atoms with Crippen LogP contribution in [0.25, 0.3) is 0 Å². The summed E-state index contributed by atoms with van der Waals surface area (Å²) in [4.78, 5) is 26.7. The van der Waals surface area contributed by atoms with Gasteiger partial charge in [-0.15, -0.1) is 0 Å². The summed E-state index contributed by atoms with van der Waals surface area (Å²) in [5.41, 5.74) is 2.76. The summed E-state index contributed by atoms with van der Waals surface area (Å²) in [6.45, 7) is 4.24. The maximum atomic E-state index is 12.4. The Kier molecular flexibility index (Phi) is 5.99. The highest BCUT2D eigenvalue weighted by Crippen LogP contribution is 2.36. The molecular formula is C21H22ClN3O2S2. The second-order valence-corrected chi connectivity index (χ2v) is 9.63. The number of carbonyl (C=O) groups excluding carboxylic acids is 1. The van der Waals surface area contributed by atoms with Gasteiger partial charge in [0, 0.05) is 48.0 Å². The Morgan fingerprint density at radius 2 is 2.03 bits per heavy atom. The zero-order valence-electron chi connectivity index (χ0n) is 16.1. The number of hydrogen-bond acceptors (Lipinski definition) is 4. The molecule has 2 aliphatic heterocycles. The third-order valence-electron chi connectivity index (χ3n) is 5.61. The first-order valence-corrected chi connectivity index (χ1v) is 11.4. The van der Waals surface area contributed by atoms with Gasteiger partial charge >= 0.3 is 0 Å². The molecule has 0 spiro atoms. The van der Waals surface area contributed by atoms with Gasteiger partial charge in [-0.3, -0.25) is 9.59 Å². The number of rotatable bonds is 3. The molecule has 1 saturated heterocycles. The Balaban J connectivity index is 1.36. The van der Waals surface area contributed by atoms with Crippen molar-refractivity contribution in [3.8, 4) is 0 Å². The van der Waals surface area contributed by atoms with E-state index in [1.54, 1.807) is 12.1 Å². The molecule has 0 aliphatic carbocycles. The number of aromatic nitrogens is 1. The Hall–Kier alpha value is -1.83. The molecule has 29 heavy (non-hydrogen) atoms. The Labute approximate surface area is 184 Å². The van der Waals surface area contributed by atoms with Crippen LogP contribution >= 0.6 is 35.6 Å². The monoisotopic (exact) mass is 447 g/mol. The molecule has 1 fully saturated rings. The largest absolute Gasteiger partial charge is 0.356 e. The van der Waals surface area contributed by atoms with Crippen molar-refractivity contribution in [1.29, 1.82) is 0 Å². The number of amides is 1. The maximum absolute atomic E-state index is 12.4. The summed E-state index contributed by atoms with van der Waals surface area (Å²) in [6, 6.07) is 11.0. The first kappa shape index (κ1) is 20.4. The lowest BCUT2D eigenvalue weighted by Gasteiger charge is -2.43. The maximum Gasteiger partial charge on any atom is 0.250 e. The molecule has 5 nitrogen and oxygen atoms in total. The number of hydrogen-bond donors (Lipinski definition) is 1. The Morgan fingerprint density at radius 1 is 1.24 bits per heavy atom. The number of piperidine rings is 1. The van der Waals surface area contributed by atoms with E-state index in [9.17, 15) is 9.59 Å². The molecule has 1 aromatic carbocycles. The van der Waals surface area contributed by atoms with Crippen molar-refractivity contribution in [1.82, 2.24) is 9.47 Å². The van der Waals surface area contributed by atoms with Gasteiger partial charge in [-0.2, -0.15) is 0 Å². The lowest BCUT2D eigenvalue weighted by molar-refractivity contribution is -0.113. The van der Waals surface area contributed by atoms with Crippen LogP contribution in [0.1, 0.15) is 23.6 Å². The molecule has 0 saturated carbocycles. The molecule has 1 aromatic heterocycles. The van der Waals surface area contributed by atoms with Gasteiger partial charge < -0.3 is 14.8 Å². The van der Waals surface area contributed by atoms with Crippen LogP contribution in [0.3, 0.4) is 0 Å². The van der Waals surface area contributed by atoms with Crippen LogP contribution in [0.15, 0.2) is 41.2 Å². The number of nitrogens with one attached hydrogen (secondary N) is 1. The quantitative estimate of drug-likeness (QED) is 0.723. The zero-order chi connectivity index (χ0) is 20.5. The molecule has 2 atom stereocenters. The van der Waals surface area contributed by atoms with Crippen LogP contribution in [0.2, 0.25) is 5.02 Å². The third-order valence-corrected chi connectivity index (χ3v) is 7.54. The molecular weight excluding hydrogens is 426 g/mol. The first-order valence-electron chi connectivity index (χ1n) is 9.59. The van der Waals surface area contributed by atoms with E-state index in [-0.39, 0.29) is 17.2 Å². The van der Waals surface area contributed by atoms with E-state index >= 15 is 0 Å². The van der Waals surface area contributed by atoms with Crippen molar-refractivity contribution in [3.63, 3.8) is 0 Å². The summed E-state index contributed by atoms with van der Waals surface area (Å²) >= 11 is 13.1. The molecule has 1 amide bonds. The van der Waals surface area contributed by atoms with Crippen molar-refractivity contribution in [2.75, 3.05) is 24.2 Å². The summed E-state index contributed by atoms with van der Waals surface area (Å²) < 4.78 is 2.65. The lowest BCUT2D eigenvalue weighted by atomic mass is 9.83. The number of anilines is 1. The minimum absolute atomic E-state index is 0.0792. The highest BCUT2D eigenvalue weighted by molar-refractivity contribution is 8.23. The van der Waals surface area contributed by atoms with E-state index < -0.39 is 0 Å². The van der Waals surface area contributed by atoms with E-state index in [0.717, 1.165) is 47.3 Å². The second-order valence-electron chi connectivity index (χ2n) is 7.62. The average Bonchev–Trinajstić information content (AvgIpc) is 2.70. The summed E-state index contributed by atoms with van der Waals surface area (Å²) in [5, 5.41) is 3.54. The van der Waals surface area contributed by atoms with Gasteiger partial charge in [-0.25, -0.2) is 0 Å². The minimum atomic E-state index is -0.100. The van der Waals surface area contributed by atoms with Crippen molar-refractivity contribution in [3.05, 3.63) is 63.0 Å². The van der Waals surface area contributed by atoms with Crippen molar-refractivity contribution >= 4 is 51.5 Å². The predicted molar refractivity (Wildman–Crippen MR) is 123 cm³/mol. The topological polar surface area (TPSA) is 54.3 Å². The van der Waals surface area contributed by atoms with Crippen LogP contribution in [0.4, 0.5) is 5.69 Å². The van der Waals surface area contributed by atoms with Crippen molar-refractivity contribution in [2.24, 2.45) is 5.92 Å². The van der Waals surface area contributed by atoms with Gasteiger partial charge in [-0.05, 0) is 43.0 Å². The van der Waals surface area contributed by atoms with Crippen LogP contribution in [0, 0.1) is 12.8 Å². The summed E-state index contributed by atoms with van der Waals surface area (Å²) in [6.07, 6.45) is 1.09. The van der Waals surface area contributed by atoms with Gasteiger partial charge in [0.1, 0.15) is 4.32 Å². The first-order chi connectivity index (χ1) is 13.9. The normalized spacial score (nSPS) is 20.1. The van der Waals surface area contributed by atoms with Crippen molar-refractivity contribution in [2.45, 2.75) is 25.8 Å². The molecule has 4 rings (SSSR count). The van der Waals surface area contributed by atoms with Gasteiger partial charge in [0.15, 0.2) is 0 Å². The molecule has 2 aromatic rings. The van der Waals surface area contributed by atoms with Crippen molar-refractivity contribution < 1.29 is 4.79 Å². The van der Waals surface area contributed by atoms with Crippen LogP contribution in [0.5, 0.6) is 0 Å². The number of carbonyl (C=O) groups is 1. The Bertz CT molecular complexity index is 1020. The molecule has 152 valence electrons. The van der Waals surface area contributed by atoms with E-state index in [0.29, 0.717) is 16.9 Å². The SMILES string of the molecule is Cc1c(Cl)cccc1NC(=O)CSC(=S)N1C[C@H]2C[C@H](C1)c1cccc(=O)n1C2. The number of pyridine rings is 1. The molecule has 3 heterocycles. The third kappa shape index (κ3) is 4.37. The molecule has 2 bridgehead atoms. The molecule has 1 N–H and O–H groups in total. The molecule has 8 heteroatoms. The fraction of sp³-hybridized carbons (Fsp3) is 0.381. The zero-order valence-corrected chi connectivity index (χ0v) is 18.4. The van der Waals surface area contributed by atoms with Crippen LogP contribution < -0.4 is 10.9 Å². The van der Waals surface area contributed by atoms with Gasteiger partial charge in [0.05, 0.1) is 5.75 Å². The number of benzene rings is 1. The number of nitrogens with zero attached hydrogens (tertiary/aromatic N) is 2. The van der Waals surface area contributed by atoms with E-state index in [2.05, 4.69) is 10.2 Å². The molecule has 0 unspecified atom stereocenters. The number of thioether (sulfide) groups is 1. The van der Waals surface area contributed by atoms with Crippen LogP contribution in [-0.4, -0.2) is 38.5 Å². The Morgan fingerprint density at radius 3 is 2.86 bits per heavy atom. The van der Waals surface area contributed by atoms with E-state index in [4.69, 9.17) is 23.8 Å². The number of likely N-dealkylation sites (tertiary alicyclic amines) is 1. The van der Waals surface area contributed by atoms with Gasteiger partial charge in [0.2, 0.25) is 5.91 Å². The lowest BCUT2D eigenvalue weighted by Crippen LogP contribution is -2.48. The minimum Gasteiger partial charge on any atom is -0.356 e. The summed E-state index contributed by atoms with van der Waals surface area (Å²) in [7, 11) is 0. The van der Waals surface area contributed by atoms with Crippen LogP contribution in [-0.2, 0) is 11.3 Å². The van der Waals surface area contributed by atoms with E-state index in [1.807, 2.05) is 35.8 Å². The summed E-state index contributed by atoms with van der Waals surface area (Å²) in [5.74, 6) is 0.865. The highest BCUT2D eigenvalue weighted by Gasteiger charge is 2.35. The average molecular weight is 448 g/mol. The number of thiocarbonyl (C=S) groups is 1. The smallest absolute Gasteiger partial charge is 0.250 e. The van der Waals surface area contributed by atoms with Gasteiger partial charge in [0.25, 0.3) is 5.56 Å². The fourth-order valence-electron chi connectivity index (χ4n) is 4.19. The van der Waals surface area contributed by atoms with Gasteiger partial charge in [-0.1, -0.05) is 47.7 Å². The molecule has 2 aliphatic rings. The predicted octanol–water partition coefficient (Wildman–Crippen LogP) is 3.89. The molecule has 0 radical (unpaired) electrons. The van der Waals surface area contributed by atoms with E-state index in [1.165, 1.54) is 11.8 Å². The fourth-order valence-corrected chi connectivity index (χ4v) is 5.35. The number of halogens is 1. The highest BCUT2D eigenvalue weighted by atomic mass is 35.5. The second kappa shape index (κ2) is 8.50.